The fraction of sp³-hybridized carbons (Fsp3) is 0.448. The number of carbonyl (C=O) groups is 1. The van der Waals surface area contributed by atoms with Crippen LogP contribution in [0.15, 0.2) is 57.1 Å². The zero-order valence-electron chi connectivity index (χ0n) is 22.7. The van der Waals surface area contributed by atoms with E-state index in [9.17, 15) is 23.6 Å². The second kappa shape index (κ2) is 11.2. The number of nitrogens with one attached hydrogen (secondary N) is 1. The summed E-state index contributed by atoms with van der Waals surface area (Å²) in [5.41, 5.74) is -1.02. The van der Waals surface area contributed by atoms with Crippen LogP contribution in [0.25, 0.3) is 21.8 Å². The lowest BCUT2D eigenvalue weighted by atomic mass is 9.90. The van der Waals surface area contributed by atoms with Crippen LogP contribution >= 0.6 is 11.8 Å². The molecular formula is C29H31FN6O4S. The quantitative estimate of drug-likeness (QED) is 0.386. The molecule has 1 aliphatic carbocycles. The largest absolute Gasteiger partial charge is 0.352 e. The first-order chi connectivity index (χ1) is 19.8. The zero-order chi connectivity index (χ0) is 28.7. The minimum Gasteiger partial charge on any atom is -0.352 e. The Kier molecular flexibility index (Phi) is 7.50. The molecule has 1 atom stereocenters. The van der Waals surface area contributed by atoms with E-state index in [-0.39, 0.29) is 40.6 Å². The van der Waals surface area contributed by atoms with Gasteiger partial charge in [0.1, 0.15) is 17.5 Å². The fourth-order valence-corrected chi connectivity index (χ4v) is 7.17. The van der Waals surface area contributed by atoms with Crippen LogP contribution in [0.4, 0.5) is 4.39 Å². The topological polar surface area (TPSA) is 121 Å². The Morgan fingerprint density at radius 3 is 2.41 bits per heavy atom. The number of fused-ring (bicyclic) bond motifs is 2. The van der Waals surface area contributed by atoms with E-state index in [1.54, 1.807) is 35.9 Å². The van der Waals surface area contributed by atoms with Crippen molar-refractivity contribution < 1.29 is 9.18 Å². The first-order valence-corrected chi connectivity index (χ1v) is 15.2. The minimum absolute atomic E-state index is 0.0969. The van der Waals surface area contributed by atoms with Crippen molar-refractivity contribution in [1.29, 1.82) is 0 Å². The molecule has 0 bridgehead atoms. The van der Waals surface area contributed by atoms with Crippen molar-refractivity contribution in [3.05, 3.63) is 79.7 Å². The van der Waals surface area contributed by atoms with E-state index in [1.807, 2.05) is 17.8 Å². The zero-order valence-corrected chi connectivity index (χ0v) is 23.5. The number of carbonyl (C=O) groups excluding carboxylic acids is 1. The van der Waals surface area contributed by atoms with E-state index >= 15 is 0 Å². The SMILES string of the molecule is CC(C(=O)N[C@H]1CC[C@@H](n2c(=O)c3cc(F)cnc3n(C3CCSCC3)c2=O)CC1)n1ncc2ccccc2c1=O. The van der Waals surface area contributed by atoms with Gasteiger partial charge in [-0.05, 0) is 69.1 Å². The molecule has 4 aromatic rings. The molecule has 3 aromatic heterocycles. The summed E-state index contributed by atoms with van der Waals surface area (Å²) in [5, 5.41) is 8.55. The standard InChI is InChI=1S/C29H31FN6O4S/c1-17(36-28(39)23-5-3-2-4-18(23)15-32-36)26(37)33-20-6-8-21(9-7-20)35-27(38)24-14-19(30)16-31-25(24)34(29(35)40)22-10-12-41-13-11-22/h2-5,14-17,20-22H,6-13H2,1H3,(H,33,37)/t17?,20-,21+. The maximum atomic E-state index is 14.2. The minimum atomic E-state index is -0.809. The molecule has 214 valence electrons. The van der Waals surface area contributed by atoms with Gasteiger partial charge in [0.15, 0.2) is 0 Å². The highest BCUT2D eigenvalue weighted by Gasteiger charge is 2.30. The summed E-state index contributed by atoms with van der Waals surface area (Å²) in [6, 6.07) is 6.82. The maximum absolute atomic E-state index is 14.2. The van der Waals surface area contributed by atoms with Crippen molar-refractivity contribution in [3.8, 4) is 0 Å². The number of nitrogens with zero attached hydrogens (tertiary/aromatic N) is 5. The number of halogens is 1. The third kappa shape index (κ3) is 5.09. The van der Waals surface area contributed by atoms with E-state index < -0.39 is 23.1 Å². The molecular weight excluding hydrogens is 547 g/mol. The smallest absolute Gasteiger partial charge is 0.333 e. The number of amides is 1. The van der Waals surface area contributed by atoms with Crippen LogP contribution in [0.3, 0.4) is 0 Å². The van der Waals surface area contributed by atoms with E-state index in [0.29, 0.717) is 36.5 Å². The average Bonchev–Trinajstić information content (AvgIpc) is 2.99. The van der Waals surface area contributed by atoms with E-state index in [2.05, 4.69) is 15.4 Å². The lowest BCUT2D eigenvalue weighted by Gasteiger charge is -2.32. The Labute approximate surface area is 238 Å². The third-order valence-electron chi connectivity index (χ3n) is 8.35. The number of aromatic nitrogens is 5. The maximum Gasteiger partial charge on any atom is 0.333 e. The summed E-state index contributed by atoms with van der Waals surface area (Å²) in [5.74, 6) is 0.873. The molecule has 0 radical (unpaired) electrons. The molecule has 2 aliphatic rings. The molecule has 1 saturated carbocycles. The normalized spacial score (nSPS) is 20.7. The van der Waals surface area contributed by atoms with Crippen molar-refractivity contribution in [2.45, 2.75) is 69.6 Å². The summed E-state index contributed by atoms with van der Waals surface area (Å²) in [4.78, 5) is 57.5. The average molecular weight is 579 g/mol. The molecule has 1 unspecified atom stereocenters. The summed E-state index contributed by atoms with van der Waals surface area (Å²) in [7, 11) is 0. The molecule has 41 heavy (non-hydrogen) atoms. The highest BCUT2D eigenvalue weighted by Crippen LogP contribution is 2.30. The van der Waals surface area contributed by atoms with E-state index in [0.717, 1.165) is 30.5 Å². The van der Waals surface area contributed by atoms with E-state index in [4.69, 9.17) is 0 Å². The van der Waals surface area contributed by atoms with Gasteiger partial charge in [0.05, 0.1) is 23.2 Å². The second-order valence-corrected chi connectivity index (χ2v) is 12.1. The first-order valence-electron chi connectivity index (χ1n) is 14.0. The molecule has 10 nitrogen and oxygen atoms in total. The first kappa shape index (κ1) is 27.4. The molecule has 12 heteroatoms. The highest BCUT2D eigenvalue weighted by atomic mass is 32.2. The molecule has 2 fully saturated rings. The molecule has 1 N–H and O–H groups in total. The predicted molar refractivity (Wildman–Crippen MR) is 156 cm³/mol. The van der Waals surface area contributed by atoms with Gasteiger partial charge in [-0.1, -0.05) is 18.2 Å². The summed E-state index contributed by atoms with van der Waals surface area (Å²) in [6.45, 7) is 1.64. The van der Waals surface area contributed by atoms with Crippen molar-refractivity contribution in [2.75, 3.05) is 11.5 Å². The van der Waals surface area contributed by atoms with Gasteiger partial charge in [0.25, 0.3) is 11.1 Å². The van der Waals surface area contributed by atoms with Gasteiger partial charge in [-0.25, -0.2) is 18.9 Å². The Balaban J connectivity index is 1.21. The molecule has 0 spiro atoms. The van der Waals surface area contributed by atoms with Crippen LogP contribution in [-0.2, 0) is 4.79 Å². The van der Waals surface area contributed by atoms with Crippen molar-refractivity contribution in [3.63, 3.8) is 0 Å². The number of benzene rings is 1. The Morgan fingerprint density at radius 1 is 0.951 bits per heavy atom. The van der Waals surface area contributed by atoms with Crippen molar-refractivity contribution in [1.82, 2.24) is 29.2 Å². The Bertz CT molecular complexity index is 1800. The summed E-state index contributed by atoms with van der Waals surface area (Å²) < 4.78 is 18.2. The molecule has 1 aliphatic heterocycles. The van der Waals surface area contributed by atoms with Crippen LogP contribution in [0.1, 0.15) is 63.6 Å². The van der Waals surface area contributed by atoms with Gasteiger partial charge in [-0.3, -0.25) is 23.5 Å². The van der Waals surface area contributed by atoms with E-state index in [1.165, 1.54) is 15.3 Å². The molecule has 1 saturated heterocycles. The third-order valence-corrected chi connectivity index (χ3v) is 9.40. The van der Waals surface area contributed by atoms with Gasteiger partial charge in [0, 0.05) is 23.5 Å². The molecule has 6 rings (SSSR count). The fourth-order valence-electron chi connectivity index (χ4n) is 6.09. The van der Waals surface area contributed by atoms with Crippen LogP contribution in [0.2, 0.25) is 0 Å². The van der Waals surface area contributed by atoms with Gasteiger partial charge < -0.3 is 5.32 Å². The number of hydrogen-bond acceptors (Lipinski definition) is 7. The number of rotatable bonds is 5. The Morgan fingerprint density at radius 2 is 1.66 bits per heavy atom. The summed E-state index contributed by atoms with van der Waals surface area (Å²) in [6.07, 6.45) is 6.29. The van der Waals surface area contributed by atoms with Crippen LogP contribution in [0, 0.1) is 5.82 Å². The molecule has 1 amide bonds. The monoisotopic (exact) mass is 578 g/mol. The molecule has 4 heterocycles. The molecule has 1 aromatic carbocycles. The number of hydrogen-bond donors (Lipinski definition) is 1. The van der Waals surface area contributed by atoms with Crippen LogP contribution in [-0.4, -0.2) is 47.4 Å². The second-order valence-electron chi connectivity index (χ2n) is 10.9. The van der Waals surface area contributed by atoms with Gasteiger partial charge in [0.2, 0.25) is 5.91 Å². The highest BCUT2D eigenvalue weighted by molar-refractivity contribution is 7.99. The van der Waals surface area contributed by atoms with Crippen LogP contribution < -0.4 is 22.1 Å². The van der Waals surface area contributed by atoms with Gasteiger partial charge in [-0.15, -0.1) is 0 Å². The number of thioether (sulfide) groups is 1. The Hall–Kier alpha value is -3.80. The predicted octanol–water partition coefficient (Wildman–Crippen LogP) is 3.34. The number of pyridine rings is 1. The van der Waals surface area contributed by atoms with Crippen molar-refractivity contribution in [2.24, 2.45) is 0 Å². The summed E-state index contributed by atoms with van der Waals surface area (Å²) >= 11 is 1.83. The lowest BCUT2D eigenvalue weighted by Crippen LogP contribution is -2.47. The van der Waals surface area contributed by atoms with Gasteiger partial charge in [-0.2, -0.15) is 16.9 Å². The van der Waals surface area contributed by atoms with Gasteiger partial charge >= 0.3 is 5.69 Å². The van der Waals surface area contributed by atoms with Crippen LogP contribution in [0.5, 0.6) is 0 Å². The van der Waals surface area contributed by atoms with Crippen molar-refractivity contribution >= 4 is 39.5 Å². The lowest BCUT2D eigenvalue weighted by molar-refractivity contribution is -0.125.